The highest BCUT2D eigenvalue weighted by atomic mass is 32.2. The zero-order valence-electron chi connectivity index (χ0n) is 20.4. The van der Waals surface area contributed by atoms with E-state index in [2.05, 4.69) is 31.6 Å². The molecule has 4 aromatic rings. The molecule has 0 radical (unpaired) electrons. The number of carbonyl (C=O) groups excluding carboxylic acids is 2. The summed E-state index contributed by atoms with van der Waals surface area (Å²) in [4.78, 5) is 30.0. The molecule has 2 amide bonds. The molecule has 1 atom stereocenters. The number of amides is 2. The van der Waals surface area contributed by atoms with Crippen LogP contribution in [-0.4, -0.2) is 37.9 Å². The summed E-state index contributed by atoms with van der Waals surface area (Å²) in [5, 5.41) is 17.1. The summed E-state index contributed by atoms with van der Waals surface area (Å²) in [5.74, 6) is 5.44. The Morgan fingerprint density at radius 2 is 1.89 bits per heavy atom. The number of hydrogen-bond donors (Lipinski definition) is 3. The van der Waals surface area contributed by atoms with Crippen LogP contribution >= 0.6 is 0 Å². The molecule has 4 N–H and O–H groups in total. The number of anilines is 2. The standard InChI is InChI=1S/C27H24N6O3S/c1-17-13-22(33(2)31-17)27(36)30-21-8-6-7-18(14-21)11-12-19-15-20(16-29-25(19)28)26(35)32-37(3)24-10-5-4-9-23(24)34/h4-10,13-16,34H,1-3H3,(H2,28,29)(H,30,36). The number of nitrogen functional groups attached to an aromatic ring is 1. The van der Waals surface area contributed by atoms with E-state index in [1.54, 1.807) is 74.0 Å². The fraction of sp³-hybridized carbons (Fsp3) is 0.111. The van der Waals surface area contributed by atoms with Crippen LogP contribution in [0.1, 0.15) is 37.7 Å². The zero-order valence-corrected chi connectivity index (χ0v) is 21.2. The second-order valence-electron chi connectivity index (χ2n) is 8.08. The molecule has 0 aliphatic rings. The van der Waals surface area contributed by atoms with Gasteiger partial charge in [0.1, 0.15) is 17.3 Å². The predicted octanol–water partition coefficient (Wildman–Crippen LogP) is 3.69. The quantitative estimate of drug-likeness (QED) is 0.357. The van der Waals surface area contributed by atoms with Gasteiger partial charge in [-0.15, -0.1) is 0 Å². The Morgan fingerprint density at radius 1 is 1.11 bits per heavy atom. The summed E-state index contributed by atoms with van der Waals surface area (Å²) in [7, 11) is 0.857. The number of para-hydroxylation sites is 1. The van der Waals surface area contributed by atoms with Crippen LogP contribution in [0, 0.1) is 18.8 Å². The Balaban J connectivity index is 1.54. The van der Waals surface area contributed by atoms with Gasteiger partial charge in [-0.3, -0.25) is 14.3 Å². The number of aromatic nitrogens is 3. The maximum absolute atomic E-state index is 12.8. The van der Waals surface area contributed by atoms with Crippen molar-refractivity contribution in [2.45, 2.75) is 11.8 Å². The monoisotopic (exact) mass is 512 g/mol. The Bertz CT molecular complexity index is 1610. The molecule has 0 aliphatic heterocycles. The molecule has 37 heavy (non-hydrogen) atoms. The third kappa shape index (κ3) is 6.09. The average molecular weight is 513 g/mol. The minimum atomic E-state index is -0.852. The molecule has 0 bridgehead atoms. The van der Waals surface area contributed by atoms with Crippen molar-refractivity contribution in [1.82, 2.24) is 14.8 Å². The van der Waals surface area contributed by atoms with Gasteiger partial charge in [0, 0.05) is 24.5 Å². The number of nitrogens with zero attached hydrogens (tertiary/aromatic N) is 4. The molecule has 0 saturated heterocycles. The van der Waals surface area contributed by atoms with Crippen LogP contribution in [0.2, 0.25) is 0 Å². The molecule has 4 rings (SSSR count). The van der Waals surface area contributed by atoms with E-state index in [9.17, 15) is 14.7 Å². The summed E-state index contributed by atoms with van der Waals surface area (Å²) in [5.41, 5.74) is 9.00. The molecule has 2 aromatic heterocycles. The number of aromatic hydroxyl groups is 1. The Kier molecular flexibility index (Phi) is 7.46. The van der Waals surface area contributed by atoms with E-state index in [1.165, 1.54) is 10.9 Å². The summed E-state index contributed by atoms with van der Waals surface area (Å²) in [6, 6.07) is 17.1. The highest BCUT2D eigenvalue weighted by Crippen LogP contribution is 2.21. The smallest absolute Gasteiger partial charge is 0.284 e. The van der Waals surface area contributed by atoms with Gasteiger partial charge in [-0.05, 0) is 55.6 Å². The maximum Gasteiger partial charge on any atom is 0.284 e. The first-order valence-corrected chi connectivity index (χ1v) is 12.7. The molecule has 9 nitrogen and oxygen atoms in total. The minimum absolute atomic E-state index is 0.0840. The van der Waals surface area contributed by atoms with Gasteiger partial charge in [0.25, 0.3) is 11.8 Å². The van der Waals surface area contributed by atoms with Crippen LogP contribution in [0.5, 0.6) is 5.75 Å². The largest absolute Gasteiger partial charge is 0.507 e. The van der Waals surface area contributed by atoms with Crippen molar-refractivity contribution in [2.75, 3.05) is 17.3 Å². The van der Waals surface area contributed by atoms with Crippen molar-refractivity contribution in [3.8, 4) is 17.6 Å². The SMILES string of the molecule is Cc1cc(C(=O)Nc2cccc(C#Cc3cc(C(=O)N=S(C)c4ccccc4O)cnc3N)c2)n(C)n1. The first kappa shape index (κ1) is 25.3. The van der Waals surface area contributed by atoms with Gasteiger partial charge in [0.05, 0.1) is 21.7 Å². The summed E-state index contributed by atoms with van der Waals surface area (Å²) in [6.45, 7) is 1.82. The molecular formula is C27H24N6O3S. The van der Waals surface area contributed by atoms with Crippen molar-refractivity contribution in [3.63, 3.8) is 0 Å². The van der Waals surface area contributed by atoms with Crippen LogP contribution in [-0.2, 0) is 17.7 Å². The lowest BCUT2D eigenvalue weighted by Crippen LogP contribution is -2.16. The molecule has 186 valence electrons. The lowest BCUT2D eigenvalue weighted by Gasteiger charge is -2.06. The van der Waals surface area contributed by atoms with Gasteiger partial charge in [0.2, 0.25) is 0 Å². The number of phenolic OH excluding ortho intramolecular Hbond substituents is 1. The molecule has 2 heterocycles. The van der Waals surface area contributed by atoms with Crippen LogP contribution in [0.4, 0.5) is 11.5 Å². The Hall–Kier alpha value is -4.75. The topological polar surface area (TPSA) is 135 Å². The van der Waals surface area contributed by atoms with Gasteiger partial charge in [-0.2, -0.15) is 9.46 Å². The van der Waals surface area contributed by atoms with E-state index in [0.717, 1.165) is 5.69 Å². The van der Waals surface area contributed by atoms with Crippen LogP contribution in [0.25, 0.3) is 0 Å². The number of benzene rings is 2. The number of nitrogens with one attached hydrogen (secondary N) is 1. The van der Waals surface area contributed by atoms with Crippen molar-refractivity contribution < 1.29 is 14.7 Å². The first-order valence-electron chi connectivity index (χ1n) is 11.1. The third-order valence-electron chi connectivity index (χ3n) is 5.27. The van der Waals surface area contributed by atoms with Gasteiger partial charge in [0.15, 0.2) is 0 Å². The fourth-order valence-electron chi connectivity index (χ4n) is 3.46. The second-order valence-corrected chi connectivity index (χ2v) is 9.66. The second kappa shape index (κ2) is 10.9. The van der Waals surface area contributed by atoms with Crippen LogP contribution in [0.15, 0.2) is 76.1 Å². The zero-order chi connectivity index (χ0) is 26.5. The Labute approximate surface area is 216 Å². The molecule has 0 fully saturated rings. The van der Waals surface area contributed by atoms with Crippen LogP contribution in [0.3, 0.4) is 0 Å². The number of nitrogens with two attached hydrogens (primary N) is 1. The van der Waals surface area contributed by atoms with Gasteiger partial charge >= 0.3 is 0 Å². The van der Waals surface area contributed by atoms with Crippen molar-refractivity contribution in [1.29, 1.82) is 0 Å². The van der Waals surface area contributed by atoms with E-state index in [4.69, 9.17) is 5.73 Å². The Morgan fingerprint density at radius 3 is 2.62 bits per heavy atom. The summed E-state index contributed by atoms with van der Waals surface area (Å²) in [6.07, 6.45) is 3.10. The number of pyridine rings is 1. The predicted molar refractivity (Wildman–Crippen MR) is 143 cm³/mol. The highest BCUT2D eigenvalue weighted by molar-refractivity contribution is 7.87. The molecule has 0 spiro atoms. The molecular weight excluding hydrogens is 488 g/mol. The lowest BCUT2D eigenvalue weighted by molar-refractivity contribution is 0.1000. The van der Waals surface area contributed by atoms with Crippen molar-refractivity contribution >= 4 is 34.0 Å². The third-order valence-corrected chi connectivity index (χ3v) is 6.69. The van der Waals surface area contributed by atoms with Crippen LogP contribution < -0.4 is 11.1 Å². The molecule has 10 heteroatoms. The minimum Gasteiger partial charge on any atom is -0.507 e. The molecule has 0 saturated carbocycles. The fourth-order valence-corrected chi connectivity index (χ4v) is 4.56. The molecule has 0 aliphatic carbocycles. The lowest BCUT2D eigenvalue weighted by atomic mass is 10.1. The van der Waals surface area contributed by atoms with Crippen molar-refractivity contribution in [3.05, 3.63) is 94.9 Å². The normalized spacial score (nSPS) is 11.4. The number of hydrogen-bond acceptors (Lipinski definition) is 6. The van der Waals surface area contributed by atoms with E-state index >= 15 is 0 Å². The van der Waals surface area contributed by atoms with E-state index in [1.807, 2.05) is 6.92 Å². The maximum atomic E-state index is 12.8. The van der Waals surface area contributed by atoms with Gasteiger partial charge in [-0.25, -0.2) is 4.98 Å². The highest BCUT2D eigenvalue weighted by Gasteiger charge is 2.13. The van der Waals surface area contributed by atoms with Gasteiger partial charge < -0.3 is 16.2 Å². The molecule has 1 unspecified atom stereocenters. The van der Waals surface area contributed by atoms with Crippen molar-refractivity contribution in [2.24, 2.45) is 11.4 Å². The van der Waals surface area contributed by atoms with E-state index < -0.39 is 16.6 Å². The summed E-state index contributed by atoms with van der Waals surface area (Å²) >= 11 is 0. The number of rotatable bonds is 4. The number of phenols is 1. The number of carbonyl (C=O) groups is 2. The molecule has 2 aromatic carbocycles. The van der Waals surface area contributed by atoms with Gasteiger partial charge in [-0.1, -0.05) is 40.7 Å². The van der Waals surface area contributed by atoms with E-state index in [-0.39, 0.29) is 23.0 Å². The average Bonchev–Trinajstić information content (AvgIpc) is 3.21. The summed E-state index contributed by atoms with van der Waals surface area (Å²) < 4.78 is 5.71. The van der Waals surface area contributed by atoms with E-state index in [0.29, 0.717) is 27.4 Å². The number of aryl methyl sites for hydroxylation is 2. The first-order chi connectivity index (χ1) is 17.7.